The van der Waals surface area contributed by atoms with Crippen LogP contribution in [0.2, 0.25) is 5.02 Å². The van der Waals surface area contributed by atoms with Crippen LogP contribution in [0.4, 0.5) is 9.52 Å². The van der Waals surface area contributed by atoms with Crippen molar-refractivity contribution in [1.82, 2.24) is 4.98 Å². The molecule has 1 aliphatic heterocycles. The predicted molar refractivity (Wildman–Crippen MR) is 132 cm³/mol. The molecule has 0 aliphatic carbocycles. The van der Waals surface area contributed by atoms with Gasteiger partial charge in [-0.3, -0.25) is 14.5 Å². The molecule has 1 atom stereocenters. The highest BCUT2D eigenvalue weighted by molar-refractivity contribution is 7.22. The third-order valence-electron chi connectivity index (χ3n) is 5.77. The smallest absolute Gasteiger partial charge is 0.301 e. The molecule has 5 rings (SSSR count). The molecule has 0 saturated carbocycles. The molecular weight excluding hydrogens is 475 g/mol. The number of hydrogen-bond acceptors (Lipinski definition) is 5. The summed E-state index contributed by atoms with van der Waals surface area (Å²) in [6, 6.07) is 14.8. The summed E-state index contributed by atoms with van der Waals surface area (Å²) in [6.45, 7) is 3.91. The highest BCUT2D eigenvalue weighted by Crippen LogP contribution is 2.44. The minimum atomic E-state index is -0.974. The van der Waals surface area contributed by atoms with Gasteiger partial charge in [0.15, 0.2) is 5.13 Å². The molecule has 0 radical (unpaired) electrons. The van der Waals surface area contributed by atoms with Crippen molar-refractivity contribution in [3.8, 4) is 0 Å². The molecule has 0 spiro atoms. The molecule has 1 aromatic heterocycles. The van der Waals surface area contributed by atoms with E-state index in [-0.39, 0.29) is 11.3 Å². The fraction of sp³-hybridized carbons (Fsp3) is 0.115. The number of rotatable bonds is 3. The number of ketones is 1. The van der Waals surface area contributed by atoms with E-state index in [0.29, 0.717) is 21.3 Å². The van der Waals surface area contributed by atoms with Crippen molar-refractivity contribution >= 4 is 55.7 Å². The van der Waals surface area contributed by atoms with Gasteiger partial charge < -0.3 is 5.11 Å². The SMILES string of the molecule is Cc1cc(C)c2nc(N3C(=O)C(=O)C(=C(O)c4ccc(Cl)cc4)[C@H]3c3ccc(F)cc3)sc2c1. The van der Waals surface area contributed by atoms with Gasteiger partial charge in [0.25, 0.3) is 5.78 Å². The van der Waals surface area contributed by atoms with E-state index in [9.17, 15) is 19.1 Å². The Balaban J connectivity index is 1.74. The Morgan fingerprint density at radius 2 is 1.74 bits per heavy atom. The van der Waals surface area contributed by atoms with Crippen LogP contribution in [0.1, 0.15) is 28.3 Å². The van der Waals surface area contributed by atoms with Gasteiger partial charge in [-0.25, -0.2) is 9.37 Å². The maximum absolute atomic E-state index is 13.7. The molecule has 1 saturated heterocycles. The van der Waals surface area contributed by atoms with Crippen LogP contribution in [-0.2, 0) is 9.59 Å². The number of hydrogen-bond donors (Lipinski definition) is 1. The molecular formula is C26H18ClFN2O3S. The summed E-state index contributed by atoms with van der Waals surface area (Å²) in [7, 11) is 0. The average molecular weight is 493 g/mol. The molecule has 2 heterocycles. The van der Waals surface area contributed by atoms with Crippen LogP contribution in [0.15, 0.2) is 66.2 Å². The fourth-order valence-corrected chi connectivity index (χ4v) is 5.51. The highest BCUT2D eigenvalue weighted by Gasteiger charge is 2.48. The van der Waals surface area contributed by atoms with Crippen molar-refractivity contribution in [2.24, 2.45) is 0 Å². The second kappa shape index (κ2) is 8.34. The van der Waals surface area contributed by atoms with Crippen LogP contribution in [0.5, 0.6) is 0 Å². The topological polar surface area (TPSA) is 70.5 Å². The highest BCUT2D eigenvalue weighted by atomic mass is 35.5. The Labute approximate surface area is 203 Å². The summed E-state index contributed by atoms with van der Waals surface area (Å²) < 4.78 is 14.6. The standard InChI is InChI=1S/C26H18ClFN2O3S/c1-13-11-14(2)21-19(12-13)34-26(29-21)30-22(15-5-9-18(28)10-6-15)20(24(32)25(30)33)23(31)16-3-7-17(27)8-4-16/h3-12,22,31H,1-2H3/t22-/m1/s1. The summed E-state index contributed by atoms with van der Waals surface area (Å²) in [5.41, 5.74) is 3.47. The van der Waals surface area contributed by atoms with E-state index < -0.39 is 23.5 Å². The van der Waals surface area contributed by atoms with E-state index in [1.165, 1.54) is 40.5 Å². The molecule has 8 heteroatoms. The van der Waals surface area contributed by atoms with Gasteiger partial charge in [-0.15, -0.1) is 0 Å². The maximum Gasteiger partial charge on any atom is 0.301 e. The van der Waals surface area contributed by atoms with Crippen molar-refractivity contribution in [3.63, 3.8) is 0 Å². The molecule has 5 nitrogen and oxygen atoms in total. The van der Waals surface area contributed by atoms with Crippen LogP contribution >= 0.6 is 22.9 Å². The van der Waals surface area contributed by atoms with Gasteiger partial charge >= 0.3 is 5.91 Å². The van der Waals surface area contributed by atoms with E-state index in [2.05, 4.69) is 4.98 Å². The zero-order chi connectivity index (χ0) is 24.1. The number of carbonyl (C=O) groups is 2. The lowest BCUT2D eigenvalue weighted by molar-refractivity contribution is -0.132. The van der Waals surface area contributed by atoms with Gasteiger partial charge in [0.2, 0.25) is 0 Å². The first-order chi connectivity index (χ1) is 16.2. The number of carbonyl (C=O) groups excluding carboxylic acids is 2. The molecule has 34 heavy (non-hydrogen) atoms. The van der Waals surface area contributed by atoms with E-state index in [0.717, 1.165) is 21.3 Å². The van der Waals surface area contributed by atoms with Gasteiger partial charge in [0.05, 0.1) is 21.8 Å². The minimum absolute atomic E-state index is 0.0916. The zero-order valence-corrected chi connectivity index (χ0v) is 19.7. The summed E-state index contributed by atoms with van der Waals surface area (Å²) in [4.78, 5) is 32.5. The van der Waals surface area contributed by atoms with Crippen molar-refractivity contribution in [1.29, 1.82) is 0 Å². The number of fused-ring (bicyclic) bond motifs is 1. The van der Waals surface area contributed by atoms with E-state index in [1.807, 2.05) is 26.0 Å². The average Bonchev–Trinajstić information content (AvgIpc) is 3.33. The third-order valence-corrected chi connectivity index (χ3v) is 7.03. The van der Waals surface area contributed by atoms with Gasteiger partial charge in [-0.2, -0.15) is 0 Å². The zero-order valence-electron chi connectivity index (χ0n) is 18.2. The largest absolute Gasteiger partial charge is 0.507 e. The van der Waals surface area contributed by atoms with Crippen molar-refractivity contribution in [3.05, 3.63) is 99.3 Å². The molecule has 1 amide bonds. The van der Waals surface area contributed by atoms with Crippen molar-refractivity contribution < 1.29 is 19.1 Å². The van der Waals surface area contributed by atoms with Gasteiger partial charge in [0.1, 0.15) is 11.6 Å². The first-order valence-electron chi connectivity index (χ1n) is 10.4. The normalized spacial score (nSPS) is 17.6. The molecule has 1 aliphatic rings. The lowest BCUT2D eigenvalue weighted by Crippen LogP contribution is -2.29. The first kappa shape index (κ1) is 22.3. The van der Waals surface area contributed by atoms with Crippen LogP contribution in [0, 0.1) is 19.7 Å². The molecule has 1 N–H and O–H groups in total. The first-order valence-corrected chi connectivity index (χ1v) is 11.6. The number of Topliss-reactive ketones (excluding diaryl/α,β-unsaturated/α-hetero) is 1. The number of halogens is 2. The van der Waals surface area contributed by atoms with Crippen LogP contribution in [-0.4, -0.2) is 21.8 Å². The van der Waals surface area contributed by atoms with Crippen LogP contribution in [0.25, 0.3) is 16.0 Å². The van der Waals surface area contributed by atoms with Gasteiger partial charge in [0, 0.05) is 10.6 Å². The summed E-state index contributed by atoms with van der Waals surface area (Å²) >= 11 is 7.25. The number of thiazole rings is 1. The van der Waals surface area contributed by atoms with Crippen LogP contribution in [0.3, 0.4) is 0 Å². The summed E-state index contributed by atoms with van der Waals surface area (Å²) in [5, 5.41) is 11.9. The lowest BCUT2D eigenvalue weighted by Gasteiger charge is -2.23. The van der Waals surface area contributed by atoms with E-state index >= 15 is 0 Å². The molecule has 0 unspecified atom stereocenters. The monoisotopic (exact) mass is 492 g/mol. The Hall–Kier alpha value is -3.55. The number of benzene rings is 3. The van der Waals surface area contributed by atoms with E-state index in [1.54, 1.807) is 24.3 Å². The number of aliphatic hydroxyl groups excluding tert-OH is 1. The minimum Gasteiger partial charge on any atom is -0.507 e. The quantitative estimate of drug-likeness (QED) is 0.206. The molecule has 1 fully saturated rings. The number of nitrogens with zero attached hydrogens (tertiary/aromatic N) is 2. The molecule has 3 aromatic carbocycles. The second-order valence-electron chi connectivity index (χ2n) is 8.15. The Morgan fingerprint density at radius 3 is 2.41 bits per heavy atom. The summed E-state index contributed by atoms with van der Waals surface area (Å²) in [6.07, 6.45) is 0. The Kier molecular flexibility index (Phi) is 5.46. The number of anilines is 1. The Bertz CT molecular complexity index is 1490. The second-order valence-corrected chi connectivity index (χ2v) is 9.60. The molecule has 0 bridgehead atoms. The number of aryl methyl sites for hydroxylation is 2. The lowest BCUT2D eigenvalue weighted by atomic mass is 9.95. The summed E-state index contributed by atoms with van der Waals surface area (Å²) in [5.74, 6) is -2.43. The van der Waals surface area contributed by atoms with Crippen LogP contribution < -0.4 is 4.90 Å². The van der Waals surface area contributed by atoms with Crippen molar-refractivity contribution in [2.75, 3.05) is 4.90 Å². The predicted octanol–water partition coefficient (Wildman–Crippen LogP) is 6.33. The third kappa shape index (κ3) is 3.67. The van der Waals surface area contributed by atoms with Gasteiger partial charge in [-0.05, 0) is 73.0 Å². The number of amides is 1. The molecule has 170 valence electrons. The fourth-order valence-electron chi connectivity index (χ4n) is 4.22. The van der Waals surface area contributed by atoms with Gasteiger partial charge in [-0.1, -0.05) is 41.1 Å². The van der Waals surface area contributed by atoms with Crippen molar-refractivity contribution in [2.45, 2.75) is 19.9 Å². The maximum atomic E-state index is 13.7. The Morgan fingerprint density at radius 1 is 1.06 bits per heavy atom. The molecule has 4 aromatic rings. The number of aromatic nitrogens is 1. The number of aliphatic hydroxyl groups is 1. The van der Waals surface area contributed by atoms with E-state index in [4.69, 9.17) is 11.6 Å².